The van der Waals surface area contributed by atoms with Crippen LogP contribution in [0.1, 0.15) is 17.3 Å². The molecule has 0 saturated carbocycles. The van der Waals surface area contributed by atoms with Crippen LogP contribution >= 0.6 is 0 Å². The van der Waals surface area contributed by atoms with E-state index in [0.717, 1.165) is 0 Å². The summed E-state index contributed by atoms with van der Waals surface area (Å²) in [7, 11) is 1.81. The second kappa shape index (κ2) is 4.86. The fraction of sp³-hybridized carbons (Fsp3) is 0.385. The average molecular weight is 250 g/mol. The van der Waals surface area contributed by atoms with E-state index in [1.165, 1.54) is 23.1 Å². The number of hydrogen-bond acceptors (Lipinski definition) is 3. The molecule has 0 radical (unpaired) electrons. The summed E-state index contributed by atoms with van der Waals surface area (Å²) in [6, 6.07) is 4.20. The Morgan fingerprint density at radius 2 is 2.11 bits per heavy atom. The summed E-state index contributed by atoms with van der Waals surface area (Å²) < 4.78 is 13.8. The molecule has 0 aromatic heterocycles. The number of amides is 1. The molecule has 1 aliphatic rings. The number of carbonyl (C=O) groups excluding carboxylic acids is 2. The minimum absolute atomic E-state index is 0.121. The molecule has 5 heteroatoms. The van der Waals surface area contributed by atoms with Gasteiger partial charge in [-0.25, -0.2) is 4.39 Å². The van der Waals surface area contributed by atoms with Crippen molar-refractivity contribution in [2.45, 2.75) is 6.92 Å². The molecule has 0 bridgehead atoms. The maximum absolute atomic E-state index is 13.8. The van der Waals surface area contributed by atoms with E-state index in [2.05, 4.69) is 5.32 Å². The van der Waals surface area contributed by atoms with Crippen molar-refractivity contribution in [2.24, 2.45) is 5.92 Å². The van der Waals surface area contributed by atoms with E-state index >= 15 is 0 Å². The summed E-state index contributed by atoms with van der Waals surface area (Å²) in [5.74, 6) is -1.65. The summed E-state index contributed by atoms with van der Waals surface area (Å²) in [6.07, 6.45) is 0. The average Bonchev–Trinajstić information content (AvgIpc) is 2.56. The van der Waals surface area contributed by atoms with Gasteiger partial charge < -0.3 is 10.2 Å². The van der Waals surface area contributed by atoms with Gasteiger partial charge in [-0.2, -0.15) is 0 Å². The number of para-hydroxylation sites is 1. The van der Waals surface area contributed by atoms with Crippen LogP contribution in [0, 0.1) is 11.7 Å². The second-order valence-corrected chi connectivity index (χ2v) is 4.54. The highest BCUT2D eigenvalue weighted by atomic mass is 19.1. The third-order valence-corrected chi connectivity index (χ3v) is 2.99. The van der Waals surface area contributed by atoms with E-state index in [-0.39, 0.29) is 17.2 Å². The molecule has 1 N–H and O–H groups in total. The number of benzene rings is 1. The molecular formula is C13H15FN2O2. The molecule has 2 rings (SSSR count). The first kappa shape index (κ1) is 12.7. The molecule has 1 aliphatic heterocycles. The summed E-state index contributed by atoms with van der Waals surface area (Å²) in [6.45, 7) is 2.97. The SMILES string of the molecule is CNCC(C)CN1C(=O)C(=O)c2cccc(F)c21. The van der Waals surface area contributed by atoms with Gasteiger partial charge in [-0.05, 0) is 31.6 Å². The quantitative estimate of drug-likeness (QED) is 0.817. The summed E-state index contributed by atoms with van der Waals surface area (Å²) in [4.78, 5) is 24.8. The largest absolute Gasteiger partial charge is 0.319 e. The lowest BCUT2D eigenvalue weighted by Gasteiger charge is -2.21. The first-order chi connectivity index (χ1) is 8.56. The van der Waals surface area contributed by atoms with E-state index < -0.39 is 17.5 Å². The highest BCUT2D eigenvalue weighted by molar-refractivity contribution is 6.52. The molecular weight excluding hydrogens is 235 g/mol. The first-order valence-corrected chi connectivity index (χ1v) is 5.85. The van der Waals surface area contributed by atoms with Crippen LogP contribution in [0.3, 0.4) is 0 Å². The van der Waals surface area contributed by atoms with Gasteiger partial charge in [0, 0.05) is 6.54 Å². The molecule has 1 aromatic carbocycles. The Bertz CT molecular complexity index is 502. The fourth-order valence-corrected chi connectivity index (χ4v) is 2.21. The zero-order valence-electron chi connectivity index (χ0n) is 10.4. The number of Topliss-reactive ketones (excluding diaryl/α,β-unsaturated/α-hetero) is 1. The molecule has 0 spiro atoms. The van der Waals surface area contributed by atoms with E-state index in [0.29, 0.717) is 13.1 Å². The number of halogens is 1. The Hall–Kier alpha value is -1.75. The lowest BCUT2D eigenvalue weighted by molar-refractivity contribution is -0.114. The smallest absolute Gasteiger partial charge is 0.299 e. The van der Waals surface area contributed by atoms with Gasteiger partial charge in [0.2, 0.25) is 0 Å². The number of carbonyl (C=O) groups is 2. The van der Waals surface area contributed by atoms with Crippen molar-refractivity contribution >= 4 is 17.4 Å². The number of hydrogen-bond donors (Lipinski definition) is 1. The lowest BCUT2D eigenvalue weighted by Crippen LogP contribution is -2.36. The number of ketones is 1. The standard InChI is InChI=1S/C13H15FN2O2/c1-8(6-15-2)7-16-11-9(12(17)13(16)18)4-3-5-10(11)14/h3-5,8,15H,6-7H2,1-2H3. The summed E-state index contributed by atoms with van der Waals surface area (Å²) >= 11 is 0. The van der Waals surface area contributed by atoms with Gasteiger partial charge in [0.15, 0.2) is 0 Å². The predicted octanol–water partition coefficient (Wildman–Crippen LogP) is 1.21. The Balaban J connectivity index is 2.33. The van der Waals surface area contributed by atoms with Crippen molar-refractivity contribution in [3.05, 3.63) is 29.6 Å². The topological polar surface area (TPSA) is 49.4 Å². The molecule has 0 fully saturated rings. The Morgan fingerprint density at radius 3 is 2.78 bits per heavy atom. The van der Waals surface area contributed by atoms with Crippen molar-refractivity contribution in [3.63, 3.8) is 0 Å². The van der Waals surface area contributed by atoms with Crippen molar-refractivity contribution in [2.75, 3.05) is 25.0 Å². The van der Waals surface area contributed by atoms with Crippen molar-refractivity contribution in [3.8, 4) is 0 Å². The highest BCUT2D eigenvalue weighted by Crippen LogP contribution is 2.31. The van der Waals surface area contributed by atoms with E-state index in [1.807, 2.05) is 14.0 Å². The summed E-state index contributed by atoms with van der Waals surface area (Å²) in [5.41, 5.74) is 0.284. The highest BCUT2D eigenvalue weighted by Gasteiger charge is 2.38. The third-order valence-electron chi connectivity index (χ3n) is 2.99. The Labute approximate surface area is 105 Å². The van der Waals surface area contributed by atoms with Gasteiger partial charge in [-0.3, -0.25) is 9.59 Å². The van der Waals surface area contributed by atoms with Crippen LogP contribution in [-0.2, 0) is 4.79 Å². The maximum Gasteiger partial charge on any atom is 0.299 e. The van der Waals surface area contributed by atoms with Crippen LogP contribution in [-0.4, -0.2) is 31.8 Å². The maximum atomic E-state index is 13.8. The Kier molecular flexibility index (Phi) is 3.43. The van der Waals surface area contributed by atoms with Crippen LogP contribution in [0.4, 0.5) is 10.1 Å². The minimum atomic E-state index is -0.641. The van der Waals surface area contributed by atoms with Crippen LogP contribution in [0.2, 0.25) is 0 Å². The molecule has 0 saturated heterocycles. The van der Waals surface area contributed by atoms with E-state index in [4.69, 9.17) is 0 Å². The minimum Gasteiger partial charge on any atom is -0.319 e. The number of anilines is 1. The second-order valence-electron chi connectivity index (χ2n) is 4.54. The van der Waals surface area contributed by atoms with E-state index in [9.17, 15) is 14.0 Å². The van der Waals surface area contributed by atoms with Gasteiger partial charge in [0.25, 0.3) is 11.7 Å². The molecule has 4 nitrogen and oxygen atoms in total. The molecule has 96 valence electrons. The van der Waals surface area contributed by atoms with Crippen LogP contribution in [0.15, 0.2) is 18.2 Å². The zero-order chi connectivity index (χ0) is 13.3. The number of rotatable bonds is 4. The van der Waals surface area contributed by atoms with Crippen LogP contribution < -0.4 is 10.2 Å². The van der Waals surface area contributed by atoms with Crippen molar-refractivity contribution < 1.29 is 14.0 Å². The normalized spacial score (nSPS) is 16.1. The third kappa shape index (κ3) is 2.01. The number of nitrogens with one attached hydrogen (secondary N) is 1. The molecule has 1 atom stereocenters. The van der Waals surface area contributed by atoms with Crippen LogP contribution in [0.5, 0.6) is 0 Å². The molecule has 1 unspecified atom stereocenters. The van der Waals surface area contributed by atoms with Crippen molar-refractivity contribution in [1.29, 1.82) is 0 Å². The number of nitrogens with zero attached hydrogens (tertiary/aromatic N) is 1. The Morgan fingerprint density at radius 1 is 1.39 bits per heavy atom. The fourth-order valence-electron chi connectivity index (χ4n) is 2.21. The lowest BCUT2D eigenvalue weighted by atomic mass is 10.1. The monoisotopic (exact) mass is 250 g/mol. The van der Waals surface area contributed by atoms with E-state index in [1.54, 1.807) is 0 Å². The van der Waals surface area contributed by atoms with Gasteiger partial charge in [-0.1, -0.05) is 13.0 Å². The van der Waals surface area contributed by atoms with Gasteiger partial charge in [0.1, 0.15) is 5.82 Å². The molecule has 1 heterocycles. The number of fused-ring (bicyclic) bond motifs is 1. The molecule has 0 aliphatic carbocycles. The molecule has 1 amide bonds. The predicted molar refractivity (Wildman–Crippen MR) is 66.2 cm³/mol. The summed E-state index contributed by atoms with van der Waals surface area (Å²) in [5, 5.41) is 2.99. The molecule has 1 aromatic rings. The van der Waals surface area contributed by atoms with Gasteiger partial charge in [0.05, 0.1) is 11.3 Å². The zero-order valence-corrected chi connectivity index (χ0v) is 10.4. The first-order valence-electron chi connectivity index (χ1n) is 5.85. The molecule has 18 heavy (non-hydrogen) atoms. The van der Waals surface area contributed by atoms with Gasteiger partial charge in [-0.15, -0.1) is 0 Å². The van der Waals surface area contributed by atoms with Crippen LogP contribution in [0.25, 0.3) is 0 Å². The van der Waals surface area contributed by atoms with Crippen molar-refractivity contribution in [1.82, 2.24) is 5.32 Å². The van der Waals surface area contributed by atoms with Gasteiger partial charge >= 0.3 is 0 Å².